The average Bonchev–Trinajstić information content (AvgIpc) is 2.45. The minimum absolute atomic E-state index is 0.000317. The molecule has 120 valence electrons. The highest BCUT2D eigenvalue weighted by Crippen LogP contribution is 2.26. The summed E-state index contributed by atoms with van der Waals surface area (Å²) in [5.74, 6) is 0.219. The lowest BCUT2D eigenvalue weighted by molar-refractivity contribution is -0.130. The second kappa shape index (κ2) is 8.55. The van der Waals surface area contributed by atoms with Gasteiger partial charge < -0.3 is 14.2 Å². The van der Waals surface area contributed by atoms with Crippen LogP contribution >= 0.6 is 11.6 Å². The molecule has 1 rings (SSSR count). The fraction of sp³-hybridized carbons (Fsp3) is 0.538. The molecule has 0 radical (unpaired) electrons. The van der Waals surface area contributed by atoms with E-state index in [0.29, 0.717) is 18.2 Å². The van der Waals surface area contributed by atoms with E-state index in [1.54, 1.807) is 19.9 Å². The highest BCUT2D eigenvalue weighted by atomic mass is 35.5. The van der Waals surface area contributed by atoms with Gasteiger partial charge in [-0.15, -0.1) is 0 Å². The SMILES string of the molecule is CCOC(CNS(=O)(=O)c1cc(Cl)ccc1OC)OCC. The largest absolute Gasteiger partial charge is 0.495 e. The molecule has 1 aromatic rings. The minimum Gasteiger partial charge on any atom is -0.495 e. The quantitative estimate of drug-likeness (QED) is 0.698. The van der Waals surface area contributed by atoms with Crippen molar-refractivity contribution in [3.63, 3.8) is 0 Å². The van der Waals surface area contributed by atoms with Crippen LogP contribution in [0.2, 0.25) is 5.02 Å². The van der Waals surface area contributed by atoms with E-state index >= 15 is 0 Å². The molecule has 1 N–H and O–H groups in total. The maximum Gasteiger partial charge on any atom is 0.244 e. The van der Waals surface area contributed by atoms with Crippen LogP contribution in [-0.2, 0) is 19.5 Å². The Balaban J connectivity index is 2.88. The van der Waals surface area contributed by atoms with Gasteiger partial charge in [0.25, 0.3) is 0 Å². The summed E-state index contributed by atoms with van der Waals surface area (Å²) in [6.45, 7) is 4.46. The molecule has 0 saturated heterocycles. The Morgan fingerprint density at radius 1 is 1.24 bits per heavy atom. The van der Waals surface area contributed by atoms with Gasteiger partial charge in [0.05, 0.1) is 13.7 Å². The van der Waals surface area contributed by atoms with Gasteiger partial charge in [-0.1, -0.05) is 11.6 Å². The number of sulfonamides is 1. The van der Waals surface area contributed by atoms with Crippen LogP contribution in [0, 0.1) is 0 Å². The number of rotatable bonds is 9. The summed E-state index contributed by atoms with van der Waals surface area (Å²) in [4.78, 5) is -0.0238. The predicted molar refractivity (Wildman–Crippen MR) is 80.2 cm³/mol. The van der Waals surface area contributed by atoms with E-state index in [9.17, 15) is 8.42 Å². The molecule has 0 saturated carbocycles. The minimum atomic E-state index is -3.78. The lowest BCUT2D eigenvalue weighted by Gasteiger charge is -2.18. The van der Waals surface area contributed by atoms with Gasteiger partial charge in [-0.05, 0) is 32.0 Å². The lowest BCUT2D eigenvalue weighted by atomic mass is 10.3. The molecule has 0 aliphatic rings. The number of methoxy groups -OCH3 is 1. The van der Waals surface area contributed by atoms with E-state index < -0.39 is 16.3 Å². The Morgan fingerprint density at radius 2 is 1.86 bits per heavy atom. The van der Waals surface area contributed by atoms with Crippen molar-refractivity contribution in [3.05, 3.63) is 23.2 Å². The number of benzene rings is 1. The van der Waals surface area contributed by atoms with Crippen molar-refractivity contribution in [1.29, 1.82) is 0 Å². The van der Waals surface area contributed by atoms with E-state index in [0.717, 1.165) is 0 Å². The third-order valence-electron chi connectivity index (χ3n) is 2.56. The molecule has 6 nitrogen and oxygen atoms in total. The van der Waals surface area contributed by atoms with Crippen molar-refractivity contribution in [2.45, 2.75) is 25.0 Å². The van der Waals surface area contributed by atoms with Crippen molar-refractivity contribution in [2.24, 2.45) is 0 Å². The number of hydrogen-bond donors (Lipinski definition) is 1. The molecule has 0 aliphatic carbocycles. The van der Waals surface area contributed by atoms with E-state index in [2.05, 4.69) is 4.72 Å². The molecule has 8 heteroatoms. The van der Waals surface area contributed by atoms with Crippen LogP contribution in [0.25, 0.3) is 0 Å². The van der Waals surface area contributed by atoms with Crippen LogP contribution in [0.1, 0.15) is 13.8 Å². The fourth-order valence-corrected chi connectivity index (χ4v) is 3.10. The Kier molecular flexibility index (Phi) is 7.41. The van der Waals surface area contributed by atoms with E-state index in [4.69, 9.17) is 25.8 Å². The molecule has 0 bridgehead atoms. The molecule has 0 heterocycles. The fourth-order valence-electron chi connectivity index (χ4n) is 1.65. The van der Waals surface area contributed by atoms with Crippen LogP contribution in [0.5, 0.6) is 5.75 Å². The summed E-state index contributed by atoms with van der Waals surface area (Å²) < 4.78 is 42.7. The highest BCUT2D eigenvalue weighted by molar-refractivity contribution is 7.89. The Labute approximate surface area is 130 Å². The Morgan fingerprint density at radius 3 is 2.38 bits per heavy atom. The molecule has 0 spiro atoms. The third-order valence-corrected chi connectivity index (χ3v) is 4.24. The van der Waals surface area contributed by atoms with Gasteiger partial charge >= 0.3 is 0 Å². The monoisotopic (exact) mass is 337 g/mol. The Bertz CT molecular complexity index is 543. The van der Waals surface area contributed by atoms with E-state index in [-0.39, 0.29) is 17.2 Å². The average molecular weight is 338 g/mol. The Hall–Kier alpha value is -0.860. The standard InChI is InChI=1S/C13H20ClNO5S/c1-4-19-13(20-5-2)9-15-21(16,17)12-8-10(14)6-7-11(12)18-3/h6-8,13,15H,4-5,9H2,1-3H3. The molecule has 0 unspecified atom stereocenters. The lowest BCUT2D eigenvalue weighted by Crippen LogP contribution is -2.35. The molecular formula is C13H20ClNO5S. The zero-order chi connectivity index (χ0) is 15.9. The van der Waals surface area contributed by atoms with Crippen molar-refractivity contribution in [2.75, 3.05) is 26.9 Å². The third kappa shape index (κ3) is 5.44. The van der Waals surface area contributed by atoms with Gasteiger partial charge in [0.2, 0.25) is 10.0 Å². The van der Waals surface area contributed by atoms with Crippen LogP contribution in [-0.4, -0.2) is 41.6 Å². The molecule has 0 atom stereocenters. The number of ether oxygens (including phenoxy) is 3. The van der Waals surface area contributed by atoms with Gasteiger partial charge in [-0.25, -0.2) is 13.1 Å². The molecule has 0 fully saturated rings. The summed E-state index contributed by atoms with van der Waals surface area (Å²) in [5.41, 5.74) is 0. The summed E-state index contributed by atoms with van der Waals surface area (Å²) >= 11 is 5.84. The van der Waals surface area contributed by atoms with Crippen molar-refractivity contribution in [1.82, 2.24) is 4.72 Å². The van der Waals surface area contributed by atoms with Gasteiger partial charge in [0, 0.05) is 18.2 Å². The number of nitrogens with one attached hydrogen (secondary N) is 1. The molecule has 0 aliphatic heterocycles. The van der Waals surface area contributed by atoms with Gasteiger partial charge in [-0.2, -0.15) is 0 Å². The maximum atomic E-state index is 12.3. The van der Waals surface area contributed by atoms with E-state index in [1.165, 1.54) is 19.2 Å². The van der Waals surface area contributed by atoms with Crippen molar-refractivity contribution >= 4 is 21.6 Å². The molecule has 0 amide bonds. The molecule has 1 aromatic carbocycles. The van der Waals surface area contributed by atoms with Gasteiger partial charge in [-0.3, -0.25) is 0 Å². The second-order valence-electron chi connectivity index (χ2n) is 3.99. The van der Waals surface area contributed by atoms with Crippen LogP contribution in [0.4, 0.5) is 0 Å². The summed E-state index contributed by atoms with van der Waals surface area (Å²) in [7, 11) is -2.38. The van der Waals surface area contributed by atoms with Crippen LogP contribution in [0.15, 0.2) is 23.1 Å². The first-order valence-corrected chi connectivity index (χ1v) is 8.37. The van der Waals surface area contributed by atoms with Gasteiger partial charge in [0.1, 0.15) is 10.6 Å². The first kappa shape index (κ1) is 18.2. The zero-order valence-corrected chi connectivity index (χ0v) is 13.8. The van der Waals surface area contributed by atoms with Gasteiger partial charge in [0.15, 0.2) is 6.29 Å². The maximum absolute atomic E-state index is 12.3. The van der Waals surface area contributed by atoms with E-state index in [1.807, 2.05) is 0 Å². The van der Waals surface area contributed by atoms with Crippen LogP contribution in [0.3, 0.4) is 0 Å². The smallest absolute Gasteiger partial charge is 0.244 e. The van der Waals surface area contributed by atoms with Crippen LogP contribution < -0.4 is 9.46 Å². The normalized spacial score (nSPS) is 11.9. The van der Waals surface area contributed by atoms with Crippen molar-refractivity contribution in [3.8, 4) is 5.75 Å². The molecule has 0 aromatic heterocycles. The summed E-state index contributed by atoms with van der Waals surface area (Å²) in [6, 6.07) is 4.39. The highest BCUT2D eigenvalue weighted by Gasteiger charge is 2.21. The number of halogens is 1. The second-order valence-corrected chi connectivity index (χ2v) is 6.16. The molecule has 21 heavy (non-hydrogen) atoms. The predicted octanol–water partition coefficient (Wildman–Crippen LogP) is 2.03. The summed E-state index contributed by atoms with van der Waals surface area (Å²) in [6.07, 6.45) is -0.639. The number of hydrogen-bond acceptors (Lipinski definition) is 5. The first-order chi connectivity index (χ1) is 9.94. The zero-order valence-electron chi connectivity index (χ0n) is 12.3. The topological polar surface area (TPSA) is 73.9 Å². The summed E-state index contributed by atoms with van der Waals surface area (Å²) in [5, 5.41) is 0.308. The first-order valence-electron chi connectivity index (χ1n) is 6.51. The van der Waals surface area contributed by atoms with Crippen molar-refractivity contribution < 1.29 is 22.6 Å². The molecular weight excluding hydrogens is 318 g/mol.